The second-order valence-corrected chi connectivity index (χ2v) is 4.80. The van der Waals surface area contributed by atoms with E-state index < -0.39 is 0 Å². The molecule has 0 amide bonds. The van der Waals surface area contributed by atoms with Crippen LogP contribution in [0.2, 0.25) is 0 Å². The average molecular weight is 251 g/mol. The summed E-state index contributed by atoms with van der Waals surface area (Å²) < 4.78 is 5.79. The van der Waals surface area contributed by atoms with E-state index in [2.05, 4.69) is 45.1 Å². The van der Waals surface area contributed by atoms with Crippen LogP contribution in [0, 0.1) is 20.8 Å². The Bertz CT molecular complexity index is 373. The lowest BCUT2D eigenvalue weighted by Gasteiger charge is -2.16. The van der Waals surface area contributed by atoms with Gasteiger partial charge in [-0.25, -0.2) is 0 Å². The second kappa shape index (κ2) is 7.39. The zero-order valence-corrected chi connectivity index (χ0v) is 11.9. The molecule has 3 nitrogen and oxygen atoms in total. The lowest BCUT2D eigenvalue weighted by atomic mass is 10.1. The van der Waals surface area contributed by atoms with E-state index >= 15 is 0 Å². The summed E-state index contributed by atoms with van der Waals surface area (Å²) in [6.07, 6.45) is 0.930. The maximum atomic E-state index is 9.06. The first-order valence-electron chi connectivity index (χ1n) is 6.63. The van der Waals surface area contributed by atoms with Gasteiger partial charge in [-0.15, -0.1) is 0 Å². The molecule has 0 fully saturated rings. The minimum absolute atomic E-state index is 0.175. The third kappa shape index (κ3) is 4.31. The van der Waals surface area contributed by atoms with Crippen molar-refractivity contribution in [2.45, 2.75) is 40.2 Å². The van der Waals surface area contributed by atoms with Crippen LogP contribution in [0.1, 0.15) is 30.0 Å². The zero-order chi connectivity index (χ0) is 13.5. The summed E-state index contributed by atoms with van der Waals surface area (Å²) in [5, 5.41) is 12.3. The van der Waals surface area contributed by atoms with Crippen molar-refractivity contribution < 1.29 is 9.84 Å². The van der Waals surface area contributed by atoms with E-state index in [0.29, 0.717) is 6.61 Å². The highest BCUT2D eigenvalue weighted by Gasteiger charge is 2.05. The maximum absolute atomic E-state index is 9.06. The van der Waals surface area contributed by atoms with Crippen molar-refractivity contribution in [3.05, 3.63) is 28.8 Å². The van der Waals surface area contributed by atoms with Gasteiger partial charge in [-0.2, -0.15) is 0 Å². The Balaban J connectivity index is 2.44. The summed E-state index contributed by atoms with van der Waals surface area (Å²) in [5.41, 5.74) is 3.69. The van der Waals surface area contributed by atoms with Crippen molar-refractivity contribution in [2.24, 2.45) is 0 Å². The Morgan fingerprint density at radius 3 is 2.61 bits per heavy atom. The fraction of sp³-hybridized carbons (Fsp3) is 0.600. The molecule has 1 aromatic carbocycles. The Hall–Kier alpha value is -1.06. The Morgan fingerprint density at radius 2 is 2.00 bits per heavy atom. The minimum atomic E-state index is 0.175. The Labute approximate surface area is 110 Å². The van der Waals surface area contributed by atoms with Crippen molar-refractivity contribution in [3.8, 4) is 5.75 Å². The van der Waals surface area contributed by atoms with Gasteiger partial charge in [0.1, 0.15) is 12.4 Å². The van der Waals surface area contributed by atoms with Crippen LogP contribution in [0.5, 0.6) is 5.75 Å². The summed E-state index contributed by atoms with van der Waals surface area (Å²) in [5.74, 6) is 0.964. The van der Waals surface area contributed by atoms with Gasteiger partial charge in [0.25, 0.3) is 0 Å². The van der Waals surface area contributed by atoms with Crippen LogP contribution in [-0.4, -0.2) is 30.9 Å². The molecular weight excluding hydrogens is 226 g/mol. The van der Waals surface area contributed by atoms with Gasteiger partial charge in [0.05, 0.1) is 6.61 Å². The molecule has 0 aliphatic rings. The molecule has 0 radical (unpaired) electrons. The normalized spacial score (nSPS) is 12.5. The molecule has 0 aromatic heterocycles. The monoisotopic (exact) mass is 251 g/mol. The first-order chi connectivity index (χ1) is 8.58. The summed E-state index contributed by atoms with van der Waals surface area (Å²) in [4.78, 5) is 0. The van der Waals surface area contributed by atoms with Gasteiger partial charge < -0.3 is 15.2 Å². The minimum Gasteiger partial charge on any atom is -0.492 e. The van der Waals surface area contributed by atoms with E-state index in [1.54, 1.807) is 0 Å². The van der Waals surface area contributed by atoms with E-state index in [1.807, 2.05) is 0 Å². The van der Waals surface area contributed by atoms with Crippen molar-refractivity contribution in [1.82, 2.24) is 5.32 Å². The molecule has 1 aromatic rings. The van der Waals surface area contributed by atoms with Crippen LogP contribution in [0.3, 0.4) is 0 Å². The smallest absolute Gasteiger partial charge is 0.122 e. The first kappa shape index (κ1) is 15.0. The highest BCUT2D eigenvalue weighted by Crippen LogP contribution is 2.22. The van der Waals surface area contributed by atoms with Crippen molar-refractivity contribution in [3.63, 3.8) is 0 Å². The number of benzene rings is 1. The van der Waals surface area contributed by atoms with Crippen LogP contribution in [-0.2, 0) is 0 Å². The van der Waals surface area contributed by atoms with Gasteiger partial charge in [-0.1, -0.05) is 13.0 Å². The molecule has 1 rings (SSSR count). The number of ether oxygens (including phenoxy) is 1. The van der Waals surface area contributed by atoms with E-state index in [0.717, 1.165) is 18.7 Å². The third-order valence-corrected chi connectivity index (χ3v) is 3.27. The van der Waals surface area contributed by atoms with Crippen LogP contribution in [0.15, 0.2) is 12.1 Å². The van der Waals surface area contributed by atoms with Gasteiger partial charge in [0.15, 0.2) is 0 Å². The lowest BCUT2D eigenvalue weighted by Crippen LogP contribution is -2.34. The zero-order valence-electron chi connectivity index (χ0n) is 11.9. The van der Waals surface area contributed by atoms with Gasteiger partial charge in [0, 0.05) is 12.6 Å². The standard InChI is InChI=1S/C15H25NO2/c1-5-14(10-17)16-6-7-18-15-9-11(2)8-12(3)13(15)4/h8-9,14,16-17H,5-7,10H2,1-4H3/t14-/m1/s1. The number of rotatable bonds is 7. The maximum Gasteiger partial charge on any atom is 0.122 e. The molecule has 102 valence electrons. The summed E-state index contributed by atoms with van der Waals surface area (Å²) in [7, 11) is 0. The van der Waals surface area contributed by atoms with Gasteiger partial charge in [-0.3, -0.25) is 0 Å². The Kier molecular flexibility index (Phi) is 6.16. The SMILES string of the molecule is CC[C@H](CO)NCCOc1cc(C)cc(C)c1C. The van der Waals surface area contributed by atoms with E-state index in [-0.39, 0.29) is 12.6 Å². The van der Waals surface area contributed by atoms with Crippen LogP contribution in [0.25, 0.3) is 0 Å². The molecule has 0 spiro atoms. The van der Waals surface area contributed by atoms with Crippen LogP contribution < -0.4 is 10.1 Å². The van der Waals surface area contributed by atoms with Gasteiger partial charge >= 0.3 is 0 Å². The quantitative estimate of drug-likeness (QED) is 0.731. The van der Waals surface area contributed by atoms with Gasteiger partial charge in [-0.05, 0) is 49.9 Å². The first-order valence-corrected chi connectivity index (χ1v) is 6.63. The molecule has 0 heterocycles. The Morgan fingerprint density at radius 1 is 1.28 bits per heavy atom. The molecule has 0 bridgehead atoms. The summed E-state index contributed by atoms with van der Waals surface area (Å²) >= 11 is 0. The molecule has 18 heavy (non-hydrogen) atoms. The topological polar surface area (TPSA) is 41.5 Å². The van der Waals surface area contributed by atoms with Crippen molar-refractivity contribution in [1.29, 1.82) is 0 Å². The molecule has 0 saturated heterocycles. The lowest BCUT2D eigenvalue weighted by molar-refractivity contribution is 0.227. The largest absolute Gasteiger partial charge is 0.492 e. The number of aryl methyl sites for hydroxylation is 2. The van der Waals surface area contributed by atoms with E-state index in [9.17, 15) is 0 Å². The predicted octanol–water partition coefficient (Wildman–Crippen LogP) is 2.35. The molecule has 2 N–H and O–H groups in total. The summed E-state index contributed by atoms with van der Waals surface area (Å²) in [6, 6.07) is 4.42. The molecule has 0 unspecified atom stereocenters. The van der Waals surface area contributed by atoms with Gasteiger partial charge in [0.2, 0.25) is 0 Å². The summed E-state index contributed by atoms with van der Waals surface area (Å²) in [6.45, 7) is 9.89. The van der Waals surface area contributed by atoms with Crippen molar-refractivity contribution >= 4 is 0 Å². The predicted molar refractivity (Wildman–Crippen MR) is 75.3 cm³/mol. The molecule has 0 aliphatic carbocycles. The van der Waals surface area contributed by atoms with Crippen LogP contribution >= 0.6 is 0 Å². The van der Waals surface area contributed by atoms with E-state index in [4.69, 9.17) is 9.84 Å². The number of aliphatic hydroxyl groups excluding tert-OH is 1. The number of aliphatic hydroxyl groups is 1. The number of hydrogen-bond acceptors (Lipinski definition) is 3. The van der Waals surface area contributed by atoms with E-state index in [1.165, 1.54) is 16.7 Å². The molecule has 0 aliphatic heterocycles. The number of hydrogen-bond donors (Lipinski definition) is 2. The average Bonchev–Trinajstić information content (AvgIpc) is 2.35. The van der Waals surface area contributed by atoms with Crippen molar-refractivity contribution in [2.75, 3.05) is 19.8 Å². The third-order valence-electron chi connectivity index (χ3n) is 3.27. The highest BCUT2D eigenvalue weighted by atomic mass is 16.5. The molecular formula is C15H25NO2. The fourth-order valence-corrected chi connectivity index (χ4v) is 1.91. The highest BCUT2D eigenvalue weighted by molar-refractivity contribution is 5.41. The molecule has 1 atom stereocenters. The molecule has 0 saturated carbocycles. The van der Waals surface area contributed by atoms with Crippen LogP contribution in [0.4, 0.5) is 0 Å². The molecule has 3 heteroatoms. The number of nitrogens with one attached hydrogen (secondary N) is 1. The fourth-order valence-electron chi connectivity index (χ4n) is 1.91. The second-order valence-electron chi connectivity index (χ2n) is 4.80.